The lowest BCUT2D eigenvalue weighted by molar-refractivity contribution is 0.343. The second-order valence-corrected chi connectivity index (χ2v) is 6.77. The number of nitrogens with zero attached hydrogens (tertiary/aromatic N) is 3. The Hall–Kier alpha value is -2.47. The second-order valence-electron chi connectivity index (χ2n) is 5.71. The Kier molecular flexibility index (Phi) is 5.60. The zero-order chi connectivity index (χ0) is 17.6. The zero-order valence-corrected chi connectivity index (χ0v) is 15.4. The molecule has 1 heterocycles. The molecule has 3 aromatic rings. The van der Waals surface area contributed by atoms with E-state index in [9.17, 15) is 0 Å². The third-order valence-electron chi connectivity index (χ3n) is 3.63. The summed E-state index contributed by atoms with van der Waals surface area (Å²) in [6.45, 7) is 4.76. The van der Waals surface area contributed by atoms with Crippen molar-refractivity contribution in [2.24, 2.45) is 0 Å². The van der Waals surface area contributed by atoms with Crippen molar-refractivity contribution >= 4 is 11.8 Å². The number of aromatic nitrogens is 3. The van der Waals surface area contributed by atoms with E-state index in [1.807, 2.05) is 28.8 Å². The molecule has 0 saturated carbocycles. The van der Waals surface area contributed by atoms with Gasteiger partial charge in [-0.15, -0.1) is 10.2 Å². The monoisotopic (exact) mass is 355 g/mol. The lowest BCUT2D eigenvalue weighted by Crippen LogP contribution is -2.02. The van der Waals surface area contributed by atoms with Gasteiger partial charge in [0, 0.05) is 11.8 Å². The van der Waals surface area contributed by atoms with Crippen molar-refractivity contribution in [1.29, 1.82) is 0 Å². The highest BCUT2D eigenvalue weighted by molar-refractivity contribution is 7.99. The fourth-order valence-corrected chi connectivity index (χ4v) is 3.31. The second kappa shape index (κ2) is 8.07. The Balaban J connectivity index is 1.60. The first-order chi connectivity index (χ1) is 12.2. The summed E-state index contributed by atoms with van der Waals surface area (Å²) in [5.74, 6) is 2.50. The molecule has 1 aromatic heterocycles. The highest BCUT2D eigenvalue weighted by Gasteiger charge is 2.08. The van der Waals surface area contributed by atoms with Crippen LogP contribution in [0.25, 0.3) is 5.69 Å². The largest absolute Gasteiger partial charge is 0.497 e. The van der Waals surface area contributed by atoms with Crippen molar-refractivity contribution in [3.63, 3.8) is 0 Å². The molecule has 0 spiro atoms. The van der Waals surface area contributed by atoms with Gasteiger partial charge < -0.3 is 9.47 Å². The SMILES string of the molecule is COc1cccc(-n2cnnc2SCCOc2cc(C)cc(C)c2)c1. The molecule has 0 aliphatic heterocycles. The van der Waals surface area contributed by atoms with Crippen molar-refractivity contribution in [2.45, 2.75) is 19.0 Å². The van der Waals surface area contributed by atoms with E-state index in [1.54, 1.807) is 25.2 Å². The molecule has 25 heavy (non-hydrogen) atoms. The molecule has 0 saturated heterocycles. The highest BCUT2D eigenvalue weighted by atomic mass is 32.2. The summed E-state index contributed by atoms with van der Waals surface area (Å²) in [4.78, 5) is 0. The van der Waals surface area contributed by atoms with Gasteiger partial charge in [0.15, 0.2) is 5.16 Å². The van der Waals surface area contributed by atoms with Crippen LogP contribution in [0.1, 0.15) is 11.1 Å². The molecule has 0 aliphatic carbocycles. The van der Waals surface area contributed by atoms with E-state index in [0.717, 1.165) is 28.1 Å². The van der Waals surface area contributed by atoms with E-state index < -0.39 is 0 Å². The molecule has 0 fully saturated rings. The number of thioether (sulfide) groups is 1. The summed E-state index contributed by atoms with van der Waals surface area (Å²) in [7, 11) is 1.66. The molecule has 0 bridgehead atoms. The number of rotatable bonds is 7. The van der Waals surface area contributed by atoms with Gasteiger partial charge in [0.1, 0.15) is 17.8 Å². The van der Waals surface area contributed by atoms with Crippen molar-refractivity contribution < 1.29 is 9.47 Å². The predicted molar refractivity (Wildman–Crippen MR) is 100 cm³/mol. The average Bonchev–Trinajstić information content (AvgIpc) is 3.06. The van der Waals surface area contributed by atoms with Crippen LogP contribution in [-0.4, -0.2) is 34.2 Å². The normalized spacial score (nSPS) is 10.7. The minimum atomic E-state index is 0.610. The van der Waals surface area contributed by atoms with E-state index in [2.05, 4.69) is 42.2 Å². The van der Waals surface area contributed by atoms with Crippen LogP contribution in [-0.2, 0) is 0 Å². The Morgan fingerprint density at radius 3 is 2.60 bits per heavy atom. The van der Waals surface area contributed by atoms with Crippen LogP contribution in [0.3, 0.4) is 0 Å². The van der Waals surface area contributed by atoms with Crippen LogP contribution in [0, 0.1) is 13.8 Å². The summed E-state index contributed by atoms with van der Waals surface area (Å²) >= 11 is 1.61. The molecule has 0 aliphatic rings. The number of hydrogen-bond donors (Lipinski definition) is 0. The van der Waals surface area contributed by atoms with Gasteiger partial charge in [-0.3, -0.25) is 4.57 Å². The molecule has 2 aromatic carbocycles. The number of aryl methyl sites for hydroxylation is 2. The topological polar surface area (TPSA) is 49.2 Å². The summed E-state index contributed by atoms with van der Waals surface area (Å²) in [5.41, 5.74) is 3.39. The summed E-state index contributed by atoms with van der Waals surface area (Å²) < 4.78 is 13.1. The molecular weight excluding hydrogens is 334 g/mol. The van der Waals surface area contributed by atoms with Crippen LogP contribution >= 0.6 is 11.8 Å². The summed E-state index contributed by atoms with van der Waals surface area (Å²) in [5, 5.41) is 9.06. The first-order valence-corrected chi connectivity index (χ1v) is 9.02. The average molecular weight is 355 g/mol. The quantitative estimate of drug-likeness (QED) is 0.472. The predicted octanol–water partition coefficient (Wildman–Crippen LogP) is 4.06. The first kappa shape index (κ1) is 17.4. The molecule has 130 valence electrons. The van der Waals surface area contributed by atoms with Crippen LogP contribution < -0.4 is 9.47 Å². The van der Waals surface area contributed by atoms with Gasteiger partial charge in [-0.05, 0) is 49.2 Å². The van der Waals surface area contributed by atoms with Crippen LogP contribution in [0.5, 0.6) is 11.5 Å². The van der Waals surface area contributed by atoms with Gasteiger partial charge in [0.05, 0.1) is 19.4 Å². The molecule has 0 N–H and O–H groups in total. The minimum absolute atomic E-state index is 0.610. The maximum absolute atomic E-state index is 5.85. The third-order valence-corrected chi connectivity index (χ3v) is 4.53. The fourth-order valence-electron chi connectivity index (χ4n) is 2.57. The van der Waals surface area contributed by atoms with E-state index in [-0.39, 0.29) is 0 Å². The molecular formula is C19H21N3O2S. The van der Waals surface area contributed by atoms with Crippen molar-refractivity contribution in [1.82, 2.24) is 14.8 Å². The number of methoxy groups -OCH3 is 1. The molecule has 0 amide bonds. The van der Waals surface area contributed by atoms with Gasteiger partial charge >= 0.3 is 0 Å². The number of ether oxygens (including phenoxy) is 2. The molecule has 3 rings (SSSR count). The maximum atomic E-state index is 5.85. The van der Waals surface area contributed by atoms with Crippen molar-refractivity contribution in [3.8, 4) is 17.2 Å². The Labute approximate surface area is 152 Å². The smallest absolute Gasteiger partial charge is 0.195 e. The van der Waals surface area contributed by atoms with E-state index in [1.165, 1.54) is 11.1 Å². The van der Waals surface area contributed by atoms with Crippen LogP contribution in [0.15, 0.2) is 53.9 Å². The first-order valence-electron chi connectivity index (χ1n) is 8.04. The molecule has 5 nitrogen and oxygen atoms in total. The third kappa shape index (κ3) is 4.54. The van der Waals surface area contributed by atoms with Crippen LogP contribution in [0.2, 0.25) is 0 Å². The van der Waals surface area contributed by atoms with E-state index >= 15 is 0 Å². The van der Waals surface area contributed by atoms with Crippen molar-refractivity contribution in [2.75, 3.05) is 19.5 Å². The van der Waals surface area contributed by atoms with Gasteiger partial charge in [-0.25, -0.2) is 0 Å². The van der Waals surface area contributed by atoms with Crippen molar-refractivity contribution in [3.05, 3.63) is 59.9 Å². The number of benzene rings is 2. The van der Waals surface area contributed by atoms with Gasteiger partial charge in [-0.1, -0.05) is 23.9 Å². The van der Waals surface area contributed by atoms with E-state index in [4.69, 9.17) is 9.47 Å². The van der Waals surface area contributed by atoms with Gasteiger partial charge in [0.2, 0.25) is 0 Å². The lowest BCUT2D eigenvalue weighted by Gasteiger charge is -2.09. The molecule has 0 atom stereocenters. The molecule has 6 heteroatoms. The van der Waals surface area contributed by atoms with Gasteiger partial charge in [0.25, 0.3) is 0 Å². The highest BCUT2D eigenvalue weighted by Crippen LogP contribution is 2.23. The van der Waals surface area contributed by atoms with Crippen LogP contribution in [0.4, 0.5) is 0 Å². The molecule has 0 unspecified atom stereocenters. The zero-order valence-electron chi connectivity index (χ0n) is 14.6. The summed E-state index contributed by atoms with van der Waals surface area (Å²) in [6, 6.07) is 14.1. The fraction of sp³-hybridized carbons (Fsp3) is 0.263. The Bertz CT molecular complexity index is 828. The number of hydrogen-bond acceptors (Lipinski definition) is 5. The summed E-state index contributed by atoms with van der Waals surface area (Å²) in [6.07, 6.45) is 1.71. The van der Waals surface area contributed by atoms with E-state index in [0.29, 0.717) is 6.61 Å². The minimum Gasteiger partial charge on any atom is -0.497 e. The Morgan fingerprint density at radius 2 is 1.84 bits per heavy atom. The maximum Gasteiger partial charge on any atom is 0.195 e. The van der Waals surface area contributed by atoms with Gasteiger partial charge in [-0.2, -0.15) is 0 Å². The Morgan fingerprint density at radius 1 is 1.04 bits per heavy atom. The molecule has 0 radical (unpaired) electrons. The standard InChI is InChI=1S/C19H21N3O2S/c1-14-9-15(2)11-18(10-14)24-7-8-25-19-21-20-13-22(19)16-5-4-6-17(12-16)23-3/h4-6,9-13H,7-8H2,1-3H3. The lowest BCUT2D eigenvalue weighted by atomic mass is 10.1.